The van der Waals surface area contributed by atoms with Gasteiger partial charge < -0.3 is 14.6 Å². The lowest BCUT2D eigenvalue weighted by molar-refractivity contribution is -0.143. The summed E-state index contributed by atoms with van der Waals surface area (Å²) in [4.78, 5) is 12.2. The van der Waals surface area contributed by atoms with Crippen LogP contribution in [0.1, 0.15) is 55.2 Å². The molecule has 1 aromatic rings. The van der Waals surface area contributed by atoms with Gasteiger partial charge in [0, 0.05) is 11.1 Å². The Balaban J connectivity index is 1.98. The van der Waals surface area contributed by atoms with Crippen LogP contribution in [0.4, 0.5) is 0 Å². The van der Waals surface area contributed by atoms with Gasteiger partial charge in [0.2, 0.25) is 0 Å². The van der Waals surface area contributed by atoms with Crippen LogP contribution in [0.15, 0.2) is 6.07 Å². The normalized spacial score (nSPS) is 22.2. The molecule has 1 aromatic carbocycles. The minimum Gasteiger partial charge on any atom is -0.493 e. The number of aliphatic carboxylic acids is 1. The highest BCUT2D eigenvalue weighted by Gasteiger charge is 2.48. The van der Waals surface area contributed by atoms with Crippen LogP contribution in [-0.2, 0) is 23.1 Å². The smallest absolute Gasteiger partial charge is 0.314 e. The standard InChI is InChI=1S/C18H22O4/c19-17(20)18(7-1-2-8-18)15-13-6-4-9-21-14(13)11-12-5-3-10-22-16(12)15/h11H,1-10H2,(H,19,20). The summed E-state index contributed by atoms with van der Waals surface area (Å²) < 4.78 is 11.9. The number of carboxylic acids is 1. The Morgan fingerprint density at radius 1 is 1.05 bits per heavy atom. The second-order valence-corrected chi connectivity index (χ2v) is 6.71. The van der Waals surface area contributed by atoms with Gasteiger partial charge in [-0.05, 0) is 50.2 Å². The van der Waals surface area contributed by atoms with Gasteiger partial charge in [-0.2, -0.15) is 0 Å². The van der Waals surface area contributed by atoms with Crippen molar-refractivity contribution in [2.24, 2.45) is 0 Å². The molecule has 1 fully saturated rings. The van der Waals surface area contributed by atoms with E-state index in [2.05, 4.69) is 6.07 Å². The maximum Gasteiger partial charge on any atom is 0.314 e. The zero-order chi connectivity index (χ0) is 15.2. The molecule has 0 amide bonds. The van der Waals surface area contributed by atoms with Crippen LogP contribution >= 0.6 is 0 Å². The summed E-state index contributed by atoms with van der Waals surface area (Å²) in [5.74, 6) is 1.07. The van der Waals surface area contributed by atoms with E-state index in [0.717, 1.165) is 73.3 Å². The molecular formula is C18H22O4. The fraction of sp³-hybridized carbons (Fsp3) is 0.611. The first-order valence-corrected chi connectivity index (χ1v) is 8.40. The van der Waals surface area contributed by atoms with Crippen molar-refractivity contribution in [1.82, 2.24) is 0 Å². The minimum atomic E-state index is -0.770. The molecule has 118 valence electrons. The first kappa shape index (κ1) is 13.9. The Morgan fingerprint density at radius 2 is 1.77 bits per heavy atom. The fourth-order valence-corrected chi connectivity index (χ4v) is 4.38. The Kier molecular flexibility index (Phi) is 3.28. The number of hydrogen-bond donors (Lipinski definition) is 1. The molecule has 0 saturated heterocycles. The van der Waals surface area contributed by atoms with Crippen LogP contribution in [0.5, 0.6) is 11.5 Å². The van der Waals surface area contributed by atoms with E-state index in [1.807, 2.05) is 0 Å². The number of hydrogen-bond acceptors (Lipinski definition) is 3. The molecule has 0 radical (unpaired) electrons. The molecule has 1 aliphatic carbocycles. The quantitative estimate of drug-likeness (QED) is 0.911. The van der Waals surface area contributed by atoms with Crippen molar-refractivity contribution >= 4 is 5.97 Å². The van der Waals surface area contributed by atoms with Gasteiger partial charge in [0.05, 0.1) is 18.6 Å². The van der Waals surface area contributed by atoms with E-state index in [-0.39, 0.29) is 0 Å². The Labute approximate surface area is 130 Å². The van der Waals surface area contributed by atoms with Gasteiger partial charge in [-0.1, -0.05) is 12.8 Å². The van der Waals surface area contributed by atoms with Gasteiger partial charge in [0.15, 0.2) is 0 Å². The fourth-order valence-electron chi connectivity index (χ4n) is 4.38. The Bertz CT molecular complexity index is 580. The van der Waals surface area contributed by atoms with Gasteiger partial charge in [0.25, 0.3) is 0 Å². The van der Waals surface area contributed by atoms with Crippen molar-refractivity contribution in [3.63, 3.8) is 0 Å². The molecule has 22 heavy (non-hydrogen) atoms. The summed E-state index contributed by atoms with van der Waals surface area (Å²) >= 11 is 0. The van der Waals surface area contributed by atoms with Crippen LogP contribution in [0.2, 0.25) is 0 Å². The highest BCUT2D eigenvalue weighted by molar-refractivity contribution is 5.84. The number of fused-ring (bicyclic) bond motifs is 2. The molecule has 1 saturated carbocycles. The van der Waals surface area contributed by atoms with Crippen LogP contribution in [-0.4, -0.2) is 24.3 Å². The molecule has 0 bridgehead atoms. The molecule has 2 heterocycles. The number of carbonyl (C=O) groups is 1. The highest BCUT2D eigenvalue weighted by Crippen LogP contribution is 2.51. The van der Waals surface area contributed by atoms with Crippen LogP contribution in [0.3, 0.4) is 0 Å². The SMILES string of the molecule is O=C(O)C1(c2c3c(cc4c2OCCC4)OCCC3)CCCC1. The summed E-state index contributed by atoms with van der Waals surface area (Å²) in [7, 11) is 0. The van der Waals surface area contributed by atoms with Crippen molar-refractivity contribution in [2.45, 2.75) is 56.8 Å². The lowest BCUT2D eigenvalue weighted by atomic mass is 9.73. The second kappa shape index (κ2) is 5.18. The molecule has 3 aliphatic rings. The molecule has 4 heteroatoms. The van der Waals surface area contributed by atoms with Crippen molar-refractivity contribution in [3.05, 3.63) is 22.8 Å². The van der Waals surface area contributed by atoms with E-state index < -0.39 is 11.4 Å². The molecular weight excluding hydrogens is 280 g/mol. The Morgan fingerprint density at radius 3 is 2.55 bits per heavy atom. The predicted octanol–water partition coefficient (Wildman–Crippen LogP) is 3.23. The minimum absolute atomic E-state index is 0.690. The largest absolute Gasteiger partial charge is 0.493 e. The average molecular weight is 302 g/mol. The highest BCUT2D eigenvalue weighted by atomic mass is 16.5. The third-order valence-electron chi connectivity index (χ3n) is 5.43. The zero-order valence-corrected chi connectivity index (χ0v) is 12.8. The van der Waals surface area contributed by atoms with E-state index in [9.17, 15) is 9.90 Å². The van der Waals surface area contributed by atoms with E-state index in [1.165, 1.54) is 0 Å². The van der Waals surface area contributed by atoms with Gasteiger partial charge in [-0.3, -0.25) is 4.79 Å². The lowest BCUT2D eigenvalue weighted by Gasteiger charge is -2.34. The third-order valence-corrected chi connectivity index (χ3v) is 5.43. The summed E-state index contributed by atoms with van der Waals surface area (Å²) in [6.07, 6.45) is 7.19. The van der Waals surface area contributed by atoms with Crippen LogP contribution in [0, 0.1) is 0 Å². The van der Waals surface area contributed by atoms with Crippen molar-refractivity contribution in [1.29, 1.82) is 0 Å². The number of ether oxygens (including phenoxy) is 2. The van der Waals surface area contributed by atoms with Crippen LogP contribution < -0.4 is 9.47 Å². The van der Waals surface area contributed by atoms with Crippen LogP contribution in [0.25, 0.3) is 0 Å². The Hall–Kier alpha value is -1.71. The summed E-state index contributed by atoms with van der Waals surface area (Å²) in [6, 6.07) is 2.09. The molecule has 4 rings (SSSR count). The third kappa shape index (κ3) is 1.93. The zero-order valence-electron chi connectivity index (χ0n) is 12.8. The van der Waals surface area contributed by atoms with E-state index in [4.69, 9.17) is 9.47 Å². The van der Waals surface area contributed by atoms with E-state index in [1.54, 1.807) is 0 Å². The molecule has 0 unspecified atom stereocenters. The number of aryl methyl sites for hydroxylation is 1. The predicted molar refractivity (Wildman–Crippen MR) is 81.9 cm³/mol. The van der Waals surface area contributed by atoms with Gasteiger partial charge in [0.1, 0.15) is 11.5 Å². The molecule has 1 N–H and O–H groups in total. The van der Waals surface area contributed by atoms with E-state index in [0.29, 0.717) is 19.4 Å². The summed E-state index contributed by atoms with van der Waals surface area (Å²) in [5, 5.41) is 10.0. The molecule has 4 nitrogen and oxygen atoms in total. The maximum absolute atomic E-state index is 12.2. The first-order valence-electron chi connectivity index (χ1n) is 8.40. The lowest BCUT2D eigenvalue weighted by Crippen LogP contribution is -2.36. The van der Waals surface area contributed by atoms with Gasteiger partial charge >= 0.3 is 5.97 Å². The molecule has 0 spiro atoms. The topological polar surface area (TPSA) is 55.8 Å². The maximum atomic E-state index is 12.2. The first-order chi connectivity index (χ1) is 10.7. The average Bonchev–Trinajstić information content (AvgIpc) is 3.03. The molecule has 2 aliphatic heterocycles. The second-order valence-electron chi connectivity index (χ2n) is 6.71. The number of rotatable bonds is 2. The number of benzene rings is 1. The number of carboxylic acid groups (broad SMARTS) is 1. The molecule has 0 aromatic heterocycles. The van der Waals surface area contributed by atoms with E-state index >= 15 is 0 Å². The van der Waals surface area contributed by atoms with Gasteiger partial charge in [-0.25, -0.2) is 0 Å². The van der Waals surface area contributed by atoms with Gasteiger partial charge in [-0.15, -0.1) is 0 Å². The van der Waals surface area contributed by atoms with Crippen molar-refractivity contribution in [3.8, 4) is 11.5 Å². The summed E-state index contributed by atoms with van der Waals surface area (Å²) in [5.41, 5.74) is 2.41. The van der Waals surface area contributed by atoms with Crippen molar-refractivity contribution in [2.75, 3.05) is 13.2 Å². The van der Waals surface area contributed by atoms with Crippen molar-refractivity contribution < 1.29 is 19.4 Å². The monoisotopic (exact) mass is 302 g/mol. The summed E-state index contributed by atoms with van der Waals surface area (Å²) in [6.45, 7) is 1.42. The molecule has 0 atom stereocenters.